The largest absolute Gasteiger partial charge is 0.384 e. The van der Waals surface area contributed by atoms with Gasteiger partial charge in [0, 0.05) is 199 Å². The zero-order valence-electron chi connectivity index (χ0n) is 78.5. The van der Waals surface area contributed by atoms with E-state index in [4.69, 9.17) is 42.9 Å². The highest BCUT2D eigenvalue weighted by Gasteiger charge is 2.37. The van der Waals surface area contributed by atoms with E-state index in [1.54, 1.807) is 86.4 Å². The van der Waals surface area contributed by atoms with E-state index >= 15 is 0 Å². The zero-order chi connectivity index (χ0) is 99.5. The van der Waals surface area contributed by atoms with Crippen molar-refractivity contribution in [2.75, 3.05) is 75.3 Å². The van der Waals surface area contributed by atoms with E-state index in [1.165, 1.54) is 71.7 Å². The number of nitrogens with two attached hydrogens (primary N) is 4. The fourth-order valence-electron chi connectivity index (χ4n) is 18.9. The Kier molecular flexibility index (Phi) is 30.9. The number of anilines is 4. The van der Waals surface area contributed by atoms with Gasteiger partial charge in [0.25, 0.3) is 23.6 Å². The highest BCUT2D eigenvalue weighted by atomic mass is 32.1. The fourth-order valence-corrected chi connectivity index (χ4v) is 19.5. The molecule has 0 radical (unpaired) electrons. The summed E-state index contributed by atoms with van der Waals surface area (Å²) in [6.07, 6.45) is 22.2. The highest BCUT2D eigenvalue weighted by Crippen LogP contribution is 2.42. The Bertz CT molecular complexity index is 7350. The lowest BCUT2D eigenvalue weighted by Gasteiger charge is -2.33. The summed E-state index contributed by atoms with van der Waals surface area (Å²) in [6, 6.07) is 33.7. The number of rotatable bonds is 20. The van der Waals surface area contributed by atoms with Gasteiger partial charge in [0.2, 0.25) is 0 Å². The third-order valence-corrected chi connectivity index (χ3v) is 27.1. The molecule has 2 aromatic carbocycles. The van der Waals surface area contributed by atoms with Crippen LogP contribution in [0, 0.1) is 5.82 Å². The smallest absolute Gasteiger partial charge is 0.251 e. The number of aliphatic hydroxyl groups is 4. The SMILES string of the molecule is C.C.CC(=O)c1c(C2CCN(C(=O)[C@@H](C)O)CC2)nc2c(-c3ccc(-c4ccn(C)c4)nc3)cnn2c1N.CC(=O)c1c(C2CCN(C(=O)[C@@H](C)O)CC2)nc2c(-c3ccn(-c4ccccc4)c3)cnn2c1N.C[C@@H](O)C(=O)N1CCC(c2nc3c(-c4ccc(-c5ccc(F)cc5)nc4)cnn3c(N)c2C=O)CC1.C[C@@H](O)C(=O)N1CCC(c2nc3c(-c4ccc(-c5ccsc5)nc4)cnn3c(N)c2C=O)CC1. The van der Waals surface area contributed by atoms with E-state index in [-0.39, 0.29) is 103 Å². The highest BCUT2D eigenvalue weighted by molar-refractivity contribution is 7.08. The van der Waals surface area contributed by atoms with Crippen molar-refractivity contribution in [3.05, 3.63) is 239 Å². The first-order chi connectivity index (χ1) is 67.9. The maximum Gasteiger partial charge on any atom is 0.251 e. The number of aliphatic hydroxyl groups excluding tert-OH is 4. The third kappa shape index (κ3) is 20.9. The first kappa shape index (κ1) is 102. The van der Waals surface area contributed by atoms with Crippen LogP contribution in [0.1, 0.15) is 196 Å². The van der Waals surface area contributed by atoms with Crippen molar-refractivity contribution < 1.29 is 63.2 Å². The number of Topliss-reactive ketones (excluding diaryl/α,β-unsaturated/α-hetero) is 2. The molecule has 740 valence electrons. The molecule has 4 saturated heterocycles. The Morgan fingerprint density at radius 2 is 0.720 bits per heavy atom. The number of carbonyl (C=O) groups excluding carboxylic acids is 8. The van der Waals surface area contributed by atoms with Gasteiger partial charge in [-0.3, -0.25) is 53.3 Å². The molecule has 4 amide bonds. The van der Waals surface area contributed by atoms with Crippen LogP contribution in [-0.4, -0.2) is 247 Å². The summed E-state index contributed by atoms with van der Waals surface area (Å²) in [7, 11) is 1.97. The van der Waals surface area contributed by atoms with Gasteiger partial charge in [0.15, 0.2) is 46.7 Å². The summed E-state index contributed by atoms with van der Waals surface area (Å²) in [5.41, 5.74) is 44.6. The standard InChI is InChI=1S/C26H25FN6O3.C26H29N7O3.C26H28N6O3.C24H24N6O3S.2CH4/c1-15(35)26(36)32-10-8-17(9-11-32)23-21(14-34)24(28)33-25(31-23)20(13-30-33)18-4-7-22(29-12-18)16-2-5-19(27)6-3-16;1-15(34)22-23(17-7-10-32(11-8-17)26(36)16(2)35)30-25-20(13-29-33(25)24(22)27)18-4-5-21(28-12-18)19-6-9-31(3)14-19;1-16(33)22-23(18-8-11-30(12-9-18)26(35)17(2)34)29-25-21(14-28-32(25)24(22)27)19-10-13-31(15-19)20-6-4-3-5-7-20;1-14(32)24(33)29-7-4-15(5-8-29)21-19(12-31)22(25)30-23(28-21)18(11-27-30)16-2-3-20(26-10-16)17-6-9-34-13-17;;/h2-7,12-15,17,35H,8-11,28H2,1H3;4-6,9,12-14,16-17,35H,7-8,10-11,27H2,1-3H3;3-7,10,13-15,17-18,34H,8-9,11-12,27H2,1-2H3;2-3,6,9-15,32H,4-5,7-8,25H2,1H3;2*1H4/t15-;16-;17-;14-;;/m1111../s1. The van der Waals surface area contributed by atoms with Crippen LogP contribution in [0.5, 0.6) is 0 Å². The minimum absolute atomic E-state index is 0. The third-order valence-electron chi connectivity index (χ3n) is 26.4. The van der Waals surface area contributed by atoms with E-state index in [2.05, 4.69) is 35.3 Å². The van der Waals surface area contributed by atoms with Gasteiger partial charge in [0.1, 0.15) is 53.5 Å². The zero-order valence-corrected chi connectivity index (χ0v) is 79.3. The number of likely N-dealkylation sites (tertiary alicyclic amines) is 4. The molecule has 4 atom stereocenters. The molecule has 14 aromatic heterocycles. The van der Waals surface area contributed by atoms with Gasteiger partial charge in [-0.2, -0.15) is 49.8 Å². The normalized spacial score (nSPS) is 15.2. The van der Waals surface area contributed by atoms with E-state index < -0.39 is 24.4 Å². The lowest BCUT2D eigenvalue weighted by Crippen LogP contribution is -2.42. The van der Waals surface area contributed by atoms with Crippen molar-refractivity contribution >= 4 is 105 Å². The van der Waals surface area contributed by atoms with Crippen LogP contribution in [0.15, 0.2) is 188 Å². The number of hydrogen-bond donors (Lipinski definition) is 8. The van der Waals surface area contributed by atoms with E-state index in [0.29, 0.717) is 189 Å². The summed E-state index contributed by atoms with van der Waals surface area (Å²) in [5.74, 6) is -1.01. The number of halogens is 1. The molecule has 37 nitrogen and oxygen atoms in total. The Hall–Kier alpha value is -15.8. The molecular formula is C104H114FN25O12S. The molecule has 20 rings (SSSR count). The quantitative estimate of drug-likeness (QED) is 0.0259. The van der Waals surface area contributed by atoms with Crippen molar-refractivity contribution in [3.8, 4) is 84.0 Å². The lowest BCUT2D eigenvalue weighted by atomic mass is 9.89. The summed E-state index contributed by atoms with van der Waals surface area (Å²) in [4.78, 5) is 138. The Labute approximate surface area is 826 Å². The van der Waals surface area contributed by atoms with E-state index in [1.807, 2.05) is 137 Å². The second kappa shape index (κ2) is 43.5. The number of fused-ring (bicyclic) bond motifs is 4. The second-order valence-corrected chi connectivity index (χ2v) is 36.5. The minimum Gasteiger partial charge on any atom is -0.384 e. The first-order valence-electron chi connectivity index (χ1n) is 46.5. The molecule has 0 unspecified atom stereocenters. The molecular weight excluding hydrogens is 1840 g/mol. The van der Waals surface area contributed by atoms with Gasteiger partial charge in [-0.05, 0) is 171 Å². The molecule has 4 aliphatic heterocycles. The Morgan fingerprint density at radius 3 is 1.04 bits per heavy atom. The van der Waals surface area contributed by atoms with Gasteiger partial charge in [0.05, 0.1) is 86.9 Å². The average Bonchev–Trinajstić information content (AvgIpc) is 1.66. The number of aromatic nitrogens is 17. The number of hydrogen-bond acceptors (Lipinski definition) is 28. The Balaban J connectivity index is 0.000000143. The van der Waals surface area contributed by atoms with Crippen molar-refractivity contribution in [2.45, 2.75) is 156 Å². The number of carbonyl (C=O) groups is 8. The lowest BCUT2D eigenvalue weighted by molar-refractivity contribution is -0.140. The van der Waals surface area contributed by atoms with Gasteiger partial charge < -0.3 is 72.1 Å². The molecule has 39 heteroatoms. The number of ketones is 2. The predicted octanol–water partition coefficient (Wildman–Crippen LogP) is 13.1. The number of amides is 4. The summed E-state index contributed by atoms with van der Waals surface area (Å²) >= 11 is 1.62. The molecule has 4 aliphatic rings. The minimum atomic E-state index is -1.05. The molecule has 0 spiro atoms. The first-order valence-corrected chi connectivity index (χ1v) is 47.4. The summed E-state index contributed by atoms with van der Waals surface area (Å²) in [5, 5.41) is 60.2. The fraction of sp³-hybridized carbons (Fsp3) is 0.317. The van der Waals surface area contributed by atoms with Crippen LogP contribution in [0.2, 0.25) is 0 Å². The number of para-hydroxylation sites is 1. The molecule has 0 saturated carbocycles. The number of piperidine rings is 4. The van der Waals surface area contributed by atoms with Crippen LogP contribution in [0.4, 0.5) is 27.7 Å². The van der Waals surface area contributed by atoms with Crippen LogP contribution in [-0.2, 0) is 26.2 Å². The van der Waals surface area contributed by atoms with E-state index in [9.17, 15) is 63.2 Å². The number of aryl methyl sites for hydroxylation is 1. The van der Waals surface area contributed by atoms with Crippen molar-refractivity contribution in [1.82, 2.24) is 102 Å². The van der Waals surface area contributed by atoms with Crippen LogP contribution in [0.3, 0.4) is 0 Å². The van der Waals surface area contributed by atoms with Gasteiger partial charge in [-0.15, -0.1) is 0 Å². The number of pyridine rings is 3. The van der Waals surface area contributed by atoms with Crippen LogP contribution < -0.4 is 22.9 Å². The molecule has 4 fully saturated rings. The van der Waals surface area contributed by atoms with Crippen molar-refractivity contribution in [1.29, 1.82) is 0 Å². The topological polar surface area (TPSA) is 504 Å². The molecule has 16 aromatic rings. The summed E-state index contributed by atoms with van der Waals surface area (Å²) < 4.78 is 23.2. The van der Waals surface area contributed by atoms with Crippen LogP contribution in [0.25, 0.3) is 107 Å². The maximum atomic E-state index is 13.2. The van der Waals surface area contributed by atoms with Crippen molar-refractivity contribution in [2.24, 2.45) is 7.05 Å². The summed E-state index contributed by atoms with van der Waals surface area (Å²) in [6.45, 7) is 12.7. The van der Waals surface area contributed by atoms with E-state index in [0.717, 1.165) is 79.0 Å². The average molecular weight is 1960 g/mol. The van der Waals surface area contributed by atoms with Gasteiger partial charge in [-0.25, -0.2) is 24.3 Å². The number of nitrogens with zero attached hydrogens (tertiary/aromatic N) is 21. The molecule has 12 N–H and O–H groups in total. The number of thiophene rings is 1. The van der Waals surface area contributed by atoms with Crippen LogP contribution >= 0.6 is 11.3 Å². The monoisotopic (exact) mass is 1960 g/mol. The molecule has 0 bridgehead atoms. The molecule has 143 heavy (non-hydrogen) atoms. The second-order valence-electron chi connectivity index (χ2n) is 35.8. The van der Waals surface area contributed by atoms with Gasteiger partial charge >= 0.3 is 0 Å². The maximum absolute atomic E-state index is 13.2. The molecule has 18 heterocycles. The number of aldehydes is 2. The van der Waals surface area contributed by atoms with Gasteiger partial charge in [-0.1, -0.05) is 51.3 Å². The van der Waals surface area contributed by atoms with Crippen molar-refractivity contribution in [3.63, 3.8) is 0 Å². The predicted molar refractivity (Wildman–Crippen MR) is 542 cm³/mol. The Morgan fingerprint density at radius 1 is 0.392 bits per heavy atom. The number of benzene rings is 2. The molecule has 0 aliphatic carbocycles. The number of nitrogen functional groups attached to an aromatic ring is 4.